The highest BCUT2D eigenvalue weighted by atomic mass is 32.2. The highest BCUT2D eigenvalue weighted by molar-refractivity contribution is 7.89. The normalized spacial score (nSPS) is 13.8. The third kappa shape index (κ3) is 3.89. The summed E-state index contributed by atoms with van der Waals surface area (Å²) in [5, 5.41) is 17.6. The van der Waals surface area contributed by atoms with Crippen LogP contribution in [0.3, 0.4) is 0 Å². The van der Waals surface area contributed by atoms with Crippen molar-refractivity contribution in [2.75, 3.05) is 13.7 Å². The number of aliphatic hydroxyl groups excluding tert-OH is 1. The van der Waals surface area contributed by atoms with Crippen LogP contribution in [0.25, 0.3) is 6.08 Å². The summed E-state index contributed by atoms with van der Waals surface area (Å²) in [6, 6.07) is 5.40. The first-order valence-electron chi connectivity index (χ1n) is 5.89. The second-order valence-corrected chi connectivity index (χ2v) is 6.29. The molecule has 0 spiro atoms. The van der Waals surface area contributed by atoms with E-state index in [4.69, 9.17) is 10.2 Å². The summed E-state index contributed by atoms with van der Waals surface area (Å²) >= 11 is 0. The molecule has 0 amide bonds. The molecule has 0 saturated carbocycles. The Morgan fingerprint density at radius 3 is 2.65 bits per heavy atom. The van der Waals surface area contributed by atoms with Crippen molar-refractivity contribution >= 4 is 22.1 Å². The maximum Gasteiger partial charge on any atom is 0.328 e. The van der Waals surface area contributed by atoms with Crippen LogP contribution >= 0.6 is 0 Å². The van der Waals surface area contributed by atoms with Crippen LogP contribution in [0.15, 0.2) is 35.2 Å². The molecule has 0 aliphatic heterocycles. The van der Waals surface area contributed by atoms with E-state index in [2.05, 4.69) is 0 Å². The maximum absolute atomic E-state index is 12.3. The summed E-state index contributed by atoms with van der Waals surface area (Å²) < 4.78 is 25.7. The molecule has 1 aromatic carbocycles. The van der Waals surface area contributed by atoms with Crippen LogP contribution in [-0.2, 0) is 14.8 Å². The molecule has 1 rings (SSSR count). The second-order valence-electron chi connectivity index (χ2n) is 4.30. The Kier molecular flexibility index (Phi) is 5.43. The first kappa shape index (κ1) is 16.4. The number of hydrogen-bond acceptors (Lipinski definition) is 4. The molecule has 110 valence electrons. The number of sulfonamides is 1. The molecular formula is C13H17NO5S. The Balaban J connectivity index is 3.14. The fraction of sp³-hybridized carbons (Fsp3) is 0.308. The van der Waals surface area contributed by atoms with Crippen LogP contribution in [0.1, 0.15) is 12.5 Å². The molecule has 1 aromatic rings. The van der Waals surface area contributed by atoms with Gasteiger partial charge in [-0.3, -0.25) is 0 Å². The fourth-order valence-corrected chi connectivity index (χ4v) is 2.87. The van der Waals surface area contributed by atoms with Gasteiger partial charge in [0.15, 0.2) is 0 Å². The lowest BCUT2D eigenvalue weighted by Crippen LogP contribution is -2.37. The van der Waals surface area contributed by atoms with Gasteiger partial charge in [-0.15, -0.1) is 0 Å². The zero-order chi connectivity index (χ0) is 15.3. The Labute approximate surface area is 118 Å². The molecule has 1 atom stereocenters. The van der Waals surface area contributed by atoms with Gasteiger partial charge < -0.3 is 10.2 Å². The Morgan fingerprint density at radius 2 is 2.10 bits per heavy atom. The van der Waals surface area contributed by atoms with Crippen LogP contribution in [0.5, 0.6) is 0 Å². The minimum atomic E-state index is -3.72. The van der Waals surface area contributed by atoms with Crippen LogP contribution in [0, 0.1) is 0 Å². The molecule has 6 nitrogen and oxygen atoms in total. The van der Waals surface area contributed by atoms with E-state index in [1.165, 1.54) is 31.3 Å². The van der Waals surface area contributed by atoms with Crippen molar-refractivity contribution in [1.82, 2.24) is 4.31 Å². The molecule has 0 fully saturated rings. The zero-order valence-corrected chi connectivity index (χ0v) is 12.0. The van der Waals surface area contributed by atoms with Gasteiger partial charge in [-0.1, -0.05) is 12.1 Å². The predicted octanol–water partition coefficient (Wildman–Crippen LogP) is 0.786. The molecule has 0 aliphatic rings. The minimum Gasteiger partial charge on any atom is -0.478 e. The fourth-order valence-electron chi connectivity index (χ4n) is 1.46. The van der Waals surface area contributed by atoms with E-state index in [9.17, 15) is 13.2 Å². The number of likely N-dealkylation sites (N-methyl/N-ethyl adjacent to an activating group) is 1. The molecule has 0 aromatic heterocycles. The van der Waals surface area contributed by atoms with Gasteiger partial charge in [0.1, 0.15) is 0 Å². The number of hydrogen-bond donors (Lipinski definition) is 2. The van der Waals surface area contributed by atoms with Crippen LogP contribution in [-0.4, -0.2) is 48.6 Å². The van der Waals surface area contributed by atoms with Crippen molar-refractivity contribution in [1.29, 1.82) is 0 Å². The Hall–Kier alpha value is -1.70. The number of carboxylic acids is 1. The van der Waals surface area contributed by atoms with Gasteiger partial charge in [0.25, 0.3) is 0 Å². The molecule has 0 aliphatic carbocycles. The number of carboxylic acid groups (broad SMARTS) is 1. The summed E-state index contributed by atoms with van der Waals surface area (Å²) in [6.45, 7) is 1.31. The maximum atomic E-state index is 12.3. The van der Waals surface area contributed by atoms with Gasteiger partial charge in [0.2, 0.25) is 10.0 Å². The van der Waals surface area contributed by atoms with Crippen molar-refractivity contribution in [3.05, 3.63) is 35.9 Å². The van der Waals surface area contributed by atoms with E-state index in [0.717, 1.165) is 10.4 Å². The van der Waals surface area contributed by atoms with Crippen molar-refractivity contribution in [2.24, 2.45) is 0 Å². The molecule has 0 heterocycles. The Morgan fingerprint density at radius 1 is 1.45 bits per heavy atom. The van der Waals surface area contributed by atoms with E-state index in [1.54, 1.807) is 13.0 Å². The van der Waals surface area contributed by atoms with Crippen LogP contribution in [0.2, 0.25) is 0 Å². The lowest BCUT2D eigenvalue weighted by atomic mass is 10.2. The average molecular weight is 299 g/mol. The van der Waals surface area contributed by atoms with Gasteiger partial charge in [0, 0.05) is 19.2 Å². The molecule has 0 radical (unpaired) electrons. The quantitative estimate of drug-likeness (QED) is 0.757. The van der Waals surface area contributed by atoms with E-state index in [-0.39, 0.29) is 11.5 Å². The summed E-state index contributed by atoms with van der Waals surface area (Å²) in [6.07, 6.45) is 2.25. The third-order valence-corrected chi connectivity index (χ3v) is 4.81. The van der Waals surface area contributed by atoms with Crippen molar-refractivity contribution in [3.63, 3.8) is 0 Å². The van der Waals surface area contributed by atoms with Gasteiger partial charge in [-0.2, -0.15) is 4.31 Å². The van der Waals surface area contributed by atoms with Gasteiger partial charge in [-0.05, 0) is 30.7 Å². The lowest BCUT2D eigenvalue weighted by molar-refractivity contribution is -0.131. The van der Waals surface area contributed by atoms with Crippen LogP contribution in [0.4, 0.5) is 0 Å². The molecule has 2 N–H and O–H groups in total. The van der Waals surface area contributed by atoms with Gasteiger partial charge in [-0.25, -0.2) is 13.2 Å². The zero-order valence-electron chi connectivity index (χ0n) is 11.2. The topological polar surface area (TPSA) is 94.9 Å². The number of carbonyl (C=O) groups is 1. The number of nitrogens with zero attached hydrogens (tertiary/aromatic N) is 1. The molecule has 1 unspecified atom stereocenters. The summed E-state index contributed by atoms with van der Waals surface area (Å²) in [5.74, 6) is -1.11. The van der Waals surface area contributed by atoms with Crippen molar-refractivity contribution < 1.29 is 23.4 Å². The smallest absolute Gasteiger partial charge is 0.328 e. The number of benzene rings is 1. The molecule has 20 heavy (non-hydrogen) atoms. The SMILES string of the molecule is CC(CO)N(C)S(=O)(=O)c1cccc(/C=C/C(=O)O)c1. The van der Waals surface area contributed by atoms with E-state index >= 15 is 0 Å². The molecular weight excluding hydrogens is 282 g/mol. The highest BCUT2D eigenvalue weighted by Gasteiger charge is 2.24. The molecule has 0 bridgehead atoms. The monoisotopic (exact) mass is 299 g/mol. The highest BCUT2D eigenvalue weighted by Crippen LogP contribution is 2.18. The average Bonchev–Trinajstić information content (AvgIpc) is 2.43. The Bertz CT molecular complexity index is 609. The summed E-state index contributed by atoms with van der Waals surface area (Å²) in [4.78, 5) is 10.5. The van der Waals surface area contributed by atoms with E-state index < -0.39 is 22.0 Å². The minimum absolute atomic E-state index is 0.0489. The summed E-state index contributed by atoms with van der Waals surface area (Å²) in [7, 11) is -2.33. The van der Waals surface area contributed by atoms with Crippen molar-refractivity contribution in [3.8, 4) is 0 Å². The second kappa shape index (κ2) is 6.65. The summed E-state index contributed by atoms with van der Waals surface area (Å²) in [5.41, 5.74) is 0.471. The van der Waals surface area contributed by atoms with Gasteiger partial charge in [0.05, 0.1) is 11.5 Å². The lowest BCUT2D eigenvalue weighted by Gasteiger charge is -2.22. The number of rotatable bonds is 6. The number of aliphatic carboxylic acids is 1. The standard InChI is InChI=1S/C13H17NO5S/c1-10(9-15)14(2)20(18,19)12-5-3-4-11(8-12)6-7-13(16)17/h3-8,10,15H,9H2,1-2H3,(H,16,17)/b7-6+. The van der Waals surface area contributed by atoms with Gasteiger partial charge >= 0.3 is 5.97 Å². The first-order chi connectivity index (χ1) is 9.28. The van der Waals surface area contributed by atoms with E-state index in [1.807, 2.05) is 0 Å². The molecule has 0 saturated heterocycles. The third-order valence-electron chi connectivity index (χ3n) is 2.84. The first-order valence-corrected chi connectivity index (χ1v) is 7.33. The number of aliphatic hydroxyl groups is 1. The largest absolute Gasteiger partial charge is 0.478 e. The van der Waals surface area contributed by atoms with E-state index in [0.29, 0.717) is 5.56 Å². The molecule has 7 heteroatoms. The van der Waals surface area contributed by atoms with Crippen LogP contribution < -0.4 is 0 Å². The predicted molar refractivity (Wildman–Crippen MR) is 74.6 cm³/mol. The van der Waals surface area contributed by atoms with Crippen molar-refractivity contribution in [2.45, 2.75) is 17.9 Å².